The van der Waals surface area contributed by atoms with Gasteiger partial charge in [0, 0.05) is 0 Å². The van der Waals surface area contributed by atoms with E-state index in [-0.39, 0.29) is 11.3 Å². The van der Waals surface area contributed by atoms with E-state index in [0.717, 1.165) is 27.5 Å². The SMILES string of the molecule is Cc1cc(C(=O)Nc2cc(C(=O)O)ccc2F)sc1Br. The molecule has 0 unspecified atom stereocenters. The summed E-state index contributed by atoms with van der Waals surface area (Å²) in [7, 11) is 0. The summed E-state index contributed by atoms with van der Waals surface area (Å²) in [6.45, 7) is 1.84. The summed E-state index contributed by atoms with van der Waals surface area (Å²) in [5.41, 5.74) is 0.655. The van der Waals surface area contributed by atoms with E-state index in [9.17, 15) is 14.0 Å². The number of hydrogen-bond donors (Lipinski definition) is 2. The summed E-state index contributed by atoms with van der Waals surface area (Å²) >= 11 is 4.53. The van der Waals surface area contributed by atoms with Crippen LogP contribution >= 0.6 is 27.3 Å². The number of halogens is 2. The van der Waals surface area contributed by atoms with Crippen LogP contribution in [-0.4, -0.2) is 17.0 Å². The molecule has 4 nitrogen and oxygen atoms in total. The highest BCUT2D eigenvalue weighted by atomic mass is 79.9. The lowest BCUT2D eigenvalue weighted by Crippen LogP contribution is -2.12. The van der Waals surface area contributed by atoms with Crippen molar-refractivity contribution < 1.29 is 19.1 Å². The molecule has 0 fully saturated rings. The van der Waals surface area contributed by atoms with Crippen LogP contribution in [0.1, 0.15) is 25.6 Å². The van der Waals surface area contributed by atoms with E-state index in [1.54, 1.807) is 6.07 Å². The lowest BCUT2D eigenvalue weighted by Gasteiger charge is -2.06. The van der Waals surface area contributed by atoms with Gasteiger partial charge in [0.2, 0.25) is 0 Å². The second kappa shape index (κ2) is 5.72. The molecule has 0 radical (unpaired) electrons. The Kier molecular flexibility index (Phi) is 4.20. The number of hydrogen-bond acceptors (Lipinski definition) is 3. The zero-order valence-corrected chi connectivity index (χ0v) is 12.6. The van der Waals surface area contributed by atoms with Crippen molar-refractivity contribution in [2.75, 3.05) is 5.32 Å². The lowest BCUT2D eigenvalue weighted by molar-refractivity contribution is 0.0696. The van der Waals surface area contributed by atoms with Crippen LogP contribution in [0.5, 0.6) is 0 Å². The standard InChI is InChI=1S/C13H9BrFNO3S/c1-6-4-10(20-11(6)14)12(17)16-9-5-7(13(18)19)2-3-8(9)15/h2-5H,1H3,(H,16,17)(H,18,19). The summed E-state index contributed by atoms with van der Waals surface area (Å²) < 4.78 is 14.4. The van der Waals surface area contributed by atoms with Crippen molar-refractivity contribution in [3.05, 3.63) is 49.9 Å². The first kappa shape index (κ1) is 14.7. The molecular weight excluding hydrogens is 349 g/mol. The molecule has 7 heteroatoms. The van der Waals surface area contributed by atoms with Gasteiger partial charge in [0.05, 0.1) is 19.9 Å². The molecule has 1 amide bonds. The van der Waals surface area contributed by atoms with Crippen molar-refractivity contribution in [3.8, 4) is 0 Å². The van der Waals surface area contributed by atoms with Gasteiger partial charge < -0.3 is 10.4 Å². The fourth-order valence-electron chi connectivity index (χ4n) is 1.51. The molecule has 2 aromatic rings. The number of anilines is 1. The van der Waals surface area contributed by atoms with Crippen molar-refractivity contribution in [1.29, 1.82) is 0 Å². The summed E-state index contributed by atoms with van der Waals surface area (Å²) in [6.07, 6.45) is 0. The third-order valence-electron chi connectivity index (χ3n) is 2.54. The van der Waals surface area contributed by atoms with Crippen molar-refractivity contribution in [2.24, 2.45) is 0 Å². The molecule has 0 bridgehead atoms. The number of rotatable bonds is 3. The van der Waals surface area contributed by atoms with E-state index in [4.69, 9.17) is 5.11 Å². The molecular formula is C13H9BrFNO3S. The Morgan fingerprint density at radius 1 is 1.35 bits per heavy atom. The molecule has 0 aliphatic carbocycles. The molecule has 2 rings (SSSR count). The van der Waals surface area contributed by atoms with E-state index in [1.165, 1.54) is 11.3 Å². The number of carbonyl (C=O) groups excluding carboxylic acids is 1. The molecule has 104 valence electrons. The second-order valence-electron chi connectivity index (χ2n) is 4.02. The Bertz CT molecular complexity index is 679. The number of benzene rings is 1. The highest BCUT2D eigenvalue weighted by Gasteiger charge is 2.15. The minimum atomic E-state index is -1.18. The molecule has 0 spiro atoms. The molecule has 1 aromatic heterocycles. The quantitative estimate of drug-likeness (QED) is 0.874. The first-order chi connectivity index (χ1) is 9.38. The number of carboxylic acids is 1. The van der Waals surface area contributed by atoms with Gasteiger partial charge in [-0.3, -0.25) is 4.79 Å². The van der Waals surface area contributed by atoms with Crippen LogP contribution in [0.3, 0.4) is 0 Å². The number of carboxylic acid groups (broad SMARTS) is 1. The van der Waals surface area contributed by atoms with E-state index in [0.29, 0.717) is 4.88 Å². The monoisotopic (exact) mass is 357 g/mol. The van der Waals surface area contributed by atoms with Crippen LogP contribution < -0.4 is 5.32 Å². The molecule has 1 heterocycles. The largest absolute Gasteiger partial charge is 0.478 e. The zero-order chi connectivity index (χ0) is 14.9. The number of nitrogens with one attached hydrogen (secondary N) is 1. The smallest absolute Gasteiger partial charge is 0.335 e. The van der Waals surface area contributed by atoms with Gasteiger partial charge in [0.15, 0.2) is 0 Å². The minimum absolute atomic E-state index is 0.0924. The van der Waals surface area contributed by atoms with Gasteiger partial charge in [0.1, 0.15) is 5.82 Å². The van der Waals surface area contributed by atoms with Gasteiger partial charge in [-0.1, -0.05) is 0 Å². The molecule has 0 saturated carbocycles. The Labute approximate surface area is 126 Å². The molecule has 0 aliphatic rings. The van der Waals surface area contributed by atoms with Gasteiger partial charge in [0.25, 0.3) is 5.91 Å². The summed E-state index contributed by atoms with van der Waals surface area (Å²) in [5.74, 6) is -2.35. The molecule has 2 N–H and O–H groups in total. The van der Waals surface area contributed by atoms with E-state index >= 15 is 0 Å². The van der Waals surface area contributed by atoms with Gasteiger partial charge >= 0.3 is 5.97 Å². The maximum absolute atomic E-state index is 13.6. The van der Waals surface area contributed by atoms with Gasteiger partial charge in [-0.15, -0.1) is 11.3 Å². The summed E-state index contributed by atoms with van der Waals surface area (Å²) in [5, 5.41) is 11.2. The topological polar surface area (TPSA) is 66.4 Å². The van der Waals surface area contributed by atoms with Crippen LogP contribution in [0, 0.1) is 12.7 Å². The number of thiophene rings is 1. The average Bonchev–Trinajstić information content (AvgIpc) is 2.72. The van der Waals surface area contributed by atoms with Crippen molar-refractivity contribution in [2.45, 2.75) is 6.92 Å². The number of aromatic carboxylic acids is 1. The number of aryl methyl sites for hydroxylation is 1. The molecule has 1 aromatic carbocycles. The molecule has 0 saturated heterocycles. The Balaban J connectivity index is 2.27. The normalized spacial score (nSPS) is 10.3. The van der Waals surface area contributed by atoms with Crippen LogP contribution in [0.4, 0.5) is 10.1 Å². The van der Waals surface area contributed by atoms with Crippen LogP contribution in [0.15, 0.2) is 28.1 Å². The summed E-state index contributed by atoms with van der Waals surface area (Å²) in [4.78, 5) is 23.2. The highest BCUT2D eigenvalue weighted by Crippen LogP contribution is 2.28. The van der Waals surface area contributed by atoms with E-state index < -0.39 is 17.7 Å². The lowest BCUT2D eigenvalue weighted by atomic mass is 10.2. The molecule has 0 aliphatic heterocycles. The third-order valence-corrected chi connectivity index (χ3v) is 4.68. The van der Waals surface area contributed by atoms with Gasteiger partial charge in [-0.05, 0) is 52.7 Å². The first-order valence-electron chi connectivity index (χ1n) is 5.48. The minimum Gasteiger partial charge on any atom is -0.478 e. The maximum Gasteiger partial charge on any atom is 0.335 e. The van der Waals surface area contributed by atoms with Gasteiger partial charge in [-0.2, -0.15) is 0 Å². The number of carbonyl (C=O) groups is 2. The molecule has 20 heavy (non-hydrogen) atoms. The van der Waals surface area contributed by atoms with Crippen LogP contribution in [-0.2, 0) is 0 Å². The van der Waals surface area contributed by atoms with Gasteiger partial charge in [-0.25, -0.2) is 9.18 Å². The average molecular weight is 358 g/mol. The molecule has 0 atom stereocenters. The number of amides is 1. The van der Waals surface area contributed by atoms with E-state index in [2.05, 4.69) is 21.2 Å². The first-order valence-corrected chi connectivity index (χ1v) is 7.09. The highest BCUT2D eigenvalue weighted by molar-refractivity contribution is 9.11. The second-order valence-corrected chi connectivity index (χ2v) is 6.39. The Morgan fingerprint density at radius 3 is 2.60 bits per heavy atom. The summed E-state index contributed by atoms with van der Waals surface area (Å²) in [6, 6.07) is 4.90. The van der Waals surface area contributed by atoms with Crippen LogP contribution in [0.2, 0.25) is 0 Å². The van der Waals surface area contributed by atoms with Crippen molar-refractivity contribution >= 4 is 44.8 Å². The predicted octanol–water partition coefficient (Wildman–Crippen LogP) is 3.91. The third kappa shape index (κ3) is 3.05. The Morgan fingerprint density at radius 2 is 2.05 bits per heavy atom. The van der Waals surface area contributed by atoms with Crippen LogP contribution in [0.25, 0.3) is 0 Å². The maximum atomic E-state index is 13.6. The van der Waals surface area contributed by atoms with Crippen molar-refractivity contribution in [3.63, 3.8) is 0 Å². The zero-order valence-electron chi connectivity index (χ0n) is 10.2. The Hall–Kier alpha value is -1.73. The fraction of sp³-hybridized carbons (Fsp3) is 0.0769. The van der Waals surface area contributed by atoms with Crippen molar-refractivity contribution in [1.82, 2.24) is 0 Å². The predicted molar refractivity (Wildman–Crippen MR) is 78.1 cm³/mol. The van der Waals surface area contributed by atoms with E-state index in [1.807, 2.05) is 6.92 Å². The fourth-order valence-corrected chi connectivity index (χ4v) is 2.94.